The minimum Gasteiger partial charge on any atom is -0.319 e. The molecule has 0 saturated carbocycles. The van der Waals surface area contributed by atoms with Gasteiger partial charge in [-0.2, -0.15) is 0 Å². The third-order valence-electron chi connectivity index (χ3n) is 2.55. The molecule has 1 unspecified atom stereocenters. The zero-order valence-corrected chi connectivity index (χ0v) is 11.3. The molecular weight excluding hydrogens is 292 g/mol. The van der Waals surface area contributed by atoms with E-state index in [-0.39, 0.29) is 28.2 Å². The number of carbonyl (C=O) groups excluding carboxylic acids is 1. The highest BCUT2D eigenvalue weighted by Crippen LogP contribution is 2.22. The maximum Gasteiger partial charge on any atom is 0.143 e. The second-order valence-corrected chi connectivity index (χ2v) is 4.78. The first-order valence-corrected chi connectivity index (χ1v) is 6.06. The highest BCUT2D eigenvalue weighted by atomic mass is 79.9. The van der Waals surface area contributed by atoms with Crippen LogP contribution in [-0.4, -0.2) is 19.4 Å². The molecule has 0 amide bonds. The van der Waals surface area contributed by atoms with E-state index >= 15 is 0 Å². The van der Waals surface area contributed by atoms with Crippen LogP contribution in [0.5, 0.6) is 0 Å². The van der Waals surface area contributed by atoms with E-state index in [0.717, 1.165) is 6.07 Å². The highest BCUT2D eigenvalue weighted by molar-refractivity contribution is 9.10. The van der Waals surface area contributed by atoms with Gasteiger partial charge in [0.15, 0.2) is 0 Å². The SMILES string of the molecule is CNCC(C)C(=O)Cc1c(F)ccc(Br)c1F. The zero-order chi connectivity index (χ0) is 13.0. The molecule has 0 fully saturated rings. The molecule has 17 heavy (non-hydrogen) atoms. The Morgan fingerprint density at radius 1 is 1.47 bits per heavy atom. The van der Waals surface area contributed by atoms with Crippen molar-refractivity contribution in [2.75, 3.05) is 13.6 Å². The monoisotopic (exact) mass is 305 g/mol. The van der Waals surface area contributed by atoms with Crippen LogP contribution in [0, 0.1) is 17.6 Å². The molecule has 1 atom stereocenters. The summed E-state index contributed by atoms with van der Waals surface area (Å²) in [5, 5.41) is 2.86. The Labute approximate surface area is 108 Å². The summed E-state index contributed by atoms with van der Waals surface area (Å²) in [6.45, 7) is 2.22. The van der Waals surface area contributed by atoms with Crippen molar-refractivity contribution in [2.45, 2.75) is 13.3 Å². The van der Waals surface area contributed by atoms with Crippen LogP contribution in [0.2, 0.25) is 0 Å². The smallest absolute Gasteiger partial charge is 0.143 e. The molecule has 0 saturated heterocycles. The first kappa shape index (κ1) is 14.3. The fraction of sp³-hybridized carbons (Fsp3) is 0.417. The number of halogens is 3. The molecule has 0 aliphatic heterocycles. The molecule has 0 aromatic heterocycles. The lowest BCUT2D eigenvalue weighted by atomic mass is 9.99. The molecule has 0 aliphatic carbocycles. The first-order valence-electron chi connectivity index (χ1n) is 5.27. The van der Waals surface area contributed by atoms with Crippen LogP contribution < -0.4 is 5.32 Å². The van der Waals surface area contributed by atoms with Gasteiger partial charge in [0, 0.05) is 24.4 Å². The number of carbonyl (C=O) groups is 1. The molecule has 0 heterocycles. The minimum absolute atomic E-state index is 0.169. The van der Waals surface area contributed by atoms with E-state index in [2.05, 4.69) is 21.2 Å². The number of Topliss-reactive ketones (excluding diaryl/α,β-unsaturated/α-hetero) is 1. The fourth-order valence-corrected chi connectivity index (χ4v) is 1.87. The summed E-state index contributed by atoms with van der Waals surface area (Å²) < 4.78 is 27.2. The summed E-state index contributed by atoms with van der Waals surface area (Å²) >= 11 is 2.97. The van der Waals surface area contributed by atoms with Gasteiger partial charge in [-0.05, 0) is 35.1 Å². The maximum atomic E-state index is 13.6. The van der Waals surface area contributed by atoms with Gasteiger partial charge in [-0.15, -0.1) is 0 Å². The topological polar surface area (TPSA) is 29.1 Å². The van der Waals surface area contributed by atoms with Gasteiger partial charge in [0.05, 0.1) is 4.47 Å². The molecule has 1 N–H and O–H groups in total. The van der Waals surface area contributed by atoms with E-state index < -0.39 is 11.6 Å². The first-order chi connectivity index (χ1) is 7.97. The van der Waals surface area contributed by atoms with Crippen molar-refractivity contribution in [1.29, 1.82) is 0 Å². The van der Waals surface area contributed by atoms with Gasteiger partial charge >= 0.3 is 0 Å². The van der Waals surface area contributed by atoms with Crippen LogP contribution >= 0.6 is 15.9 Å². The number of rotatable bonds is 5. The van der Waals surface area contributed by atoms with Crippen molar-refractivity contribution >= 4 is 21.7 Å². The summed E-state index contributed by atoms with van der Waals surface area (Å²) in [6.07, 6.45) is -0.222. The lowest BCUT2D eigenvalue weighted by Gasteiger charge is -2.11. The van der Waals surface area contributed by atoms with E-state index in [0.29, 0.717) is 6.54 Å². The van der Waals surface area contributed by atoms with E-state index in [4.69, 9.17) is 0 Å². The predicted molar refractivity (Wildman–Crippen MR) is 65.9 cm³/mol. The van der Waals surface area contributed by atoms with Gasteiger partial charge in [-0.3, -0.25) is 4.79 Å². The van der Waals surface area contributed by atoms with Gasteiger partial charge in [-0.25, -0.2) is 8.78 Å². The summed E-state index contributed by atoms with van der Waals surface area (Å²) in [6, 6.07) is 2.44. The lowest BCUT2D eigenvalue weighted by molar-refractivity contribution is -0.121. The standard InChI is InChI=1S/C12H14BrF2NO/c1-7(6-16-2)11(17)5-8-10(14)4-3-9(13)12(8)15/h3-4,7,16H,5-6H2,1-2H3. The molecule has 5 heteroatoms. The van der Waals surface area contributed by atoms with Crippen molar-refractivity contribution in [3.63, 3.8) is 0 Å². The van der Waals surface area contributed by atoms with Gasteiger partial charge in [0.1, 0.15) is 17.4 Å². The number of hydrogen-bond donors (Lipinski definition) is 1. The largest absolute Gasteiger partial charge is 0.319 e. The third kappa shape index (κ3) is 3.57. The van der Waals surface area contributed by atoms with Crippen molar-refractivity contribution in [1.82, 2.24) is 5.32 Å². The molecule has 94 valence electrons. The number of hydrogen-bond acceptors (Lipinski definition) is 2. The van der Waals surface area contributed by atoms with Gasteiger partial charge in [-0.1, -0.05) is 6.92 Å². The Hall–Kier alpha value is -0.810. The van der Waals surface area contributed by atoms with Gasteiger partial charge in [0.2, 0.25) is 0 Å². The predicted octanol–water partition coefficient (Wildman–Crippen LogP) is 2.69. The molecule has 0 spiro atoms. The third-order valence-corrected chi connectivity index (χ3v) is 3.16. The van der Waals surface area contributed by atoms with Crippen molar-refractivity contribution < 1.29 is 13.6 Å². The van der Waals surface area contributed by atoms with E-state index in [1.165, 1.54) is 6.07 Å². The van der Waals surface area contributed by atoms with Crippen LogP contribution in [0.4, 0.5) is 8.78 Å². The molecule has 2 nitrogen and oxygen atoms in total. The van der Waals surface area contributed by atoms with E-state index in [9.17, 15) is 13.6 Å². The number of benzene rings is 1. The highest BCUT2D eigenvalue weighted by Gasteiger charge is 2.19. The van der Waals surface area contributed by atoms with Crippen LogP contribution in [0.1, 0.15) is 12.5 Å². The van der Waals surface area contributed by atoms with Crippen LogP contribution in [0.25, 0.3) is 0 Å². The van der Waals surface area contributed by atoms with E-state index in [1.54, 1.807) is 14.0 Å². The van der Waals surface area contributed by atoms with Crippen LogP contribution in [0.3, 0.4) is 0 Å². The second kappa shape index (κ2) is 6.21. The molecule has 1 aromatic carbocycles. The minimum atomic E-state index is -0.699. The summed E-state index contributed by atoms with van der Waals surface area (Å²) in [7, 11) is 1.73. The van der Waals surface area contributed by atoms with Crippen molar-refractivity contribution in [3.8, 4) is 0 Å². The molecule has 0 bridgehead atoms. The molecule has 0 radical (unpaired) electrons. The Balaban J connectivity index is 2.88. The van der Waals surface area contributed by atoms with Gasteiger partial charge in [0.25, 0.3) is 0 Å². The van der Waals surface area contributed by atoms with Crippen molar-refractivity contribution in [2.24, 2.45) is 5.92 Å². The Morgan fingerprint density at radius 3 is 2.71 bits per heavy atom. The molecular formula is C12H14BrF2NO. The Kier molecular flexibility index (Phi) is 5.21. The average Bonchev–Trinajstić information content (AvgIpc) is 2.29. The molecule has 0 aliphatic rings. The molecule has 1 aromatic rings. The average molecular weight is 306 g/mol. The quantitative estimate of drug-likeness (QED) is 0.848. The van der Waals surface area contributed by atoms with Crippen molar-refractivity contribution in [3.05, 3.63) is 33.8 Å². The maximum absolute atomic E-state index is 13.6. The summed E-state index contributed by atoms with van der Waals surface area (Å²) in [5.74, 6) is -1.83. The van der Waals surface area contributed by atoms with Crippen LogP contribution in [0.15, 0.2) is 16.6 Å². The molecule has 1 rings (SSSR count). The summed E-state index contributed by atoms with van der Waals surface area (Å²) in [4.78, 5) is 11.7. The zero-order valence-electron chi connectivity index (χ0n) is 9.69. The van der Waals surface area contributed by atoms with Gasteiger partial charge < -0.3 is 5.32 Å². The summed E-state index contributed by atoms with van der Waals surface area (Å²) in [5.41, 5.74) is -0.174. The van der Waals surface area contributed by atoms with E-state index in [1.807, 2.05) is 0 Å². The second-order valence-electron chi connectivity index (χ2n) is 3.92. The lowest BCUT2D eigenvalue weighted by Crippen LogP contribution is -2.25. The Morgan fingerprint density at radius 2 is 2.12 bits per heavy atom. The Bertz CT molecular complexity index is 423. The van der Waals surface area contributed by atoms with Crippen LogP contribution in [-0.2, 0) is 11.2 Å². The number of nitrogens with one attached hydrogen (secondary N) is 1. The normalized spacial score (nSPS) is 12.5. The number of ketones is 1. The fourth-order valence-electron chi connectivity index (χ4n) is 1.50.